The number of hydrogen-bond acceptors (Lipinski definition) is 6. The highest BCUT2D eigenvalue weighted by molar-refractivity contribution is 7.98. The van der Waals surface area contributed by atoms with Gasteiger partial charge in [-0.05, 0) is 41.3 Å². The minimum absolute atomic E-state index is 0.200. The number of primary amides is 1. The highest BCUT2D eigenvalue weighted by atomic mass is 32.2. The van der Waals surface area contributed by atoms with E-state index in [1.165, 1.54) is 18.9 Å². The van der Waals surface area contributed by atoms with Gasteiger partial charge in [0.25, 0.3) is 0 Å². The maximum Gasteiger partial charge on any atom is 0.337 e. The van der Waals surface area contributed by atoms with Crippen LogP contribution in [-0.2, 0) is 31.3 Å². The maximum atomic E-state index is 13.9. The van der Waals surface area contributed by atoms with Crippen LogP contribution < -0.4 is 16.4 Å². The molecule has 0 saturated carbocycles. The van der Waals surface area contributed by atoms with Gasteiger partial charge in [0.2, 0.25) is 17.7 Å². The lowest BCUT2D eigenvalue weighted by Crippen LogP contribution is -2.55. The van der Waals surface area contributed by atoms with Crippen molar-refractivity contribution in [3.8, 4) is 0 Å². The summed E-state index contributed by atoms with van der Waals surface area (Å²) in [5, 5.41) is 5.75. The molecule has 4 aromatic rings. The zero-order valence-corrected chi connectivity index (χ0v) is 26.1. The number of nitrogens with two attached hydrogens (primary N) is 1. The molecular weight excluding hydrogens is 586 g/mol. The fourth-order valence-corrected chi connectivity index (χ4v) is 6.01. The third-order valence-electron chi connectivity index (χ3n) is 7.24. The topological polar surface area (TPSA) is 128 Å². The van der Waals surface area contributed by atoms with Crippen LogP contribution >= 0.6 is 11.8 Å². The summed E-state index contributed by atoms with van der Waals surface area (Å²) in [4.78, 5) is 52.0. The molecule has 9 heteroatoms. The Morgan fingerprint density at radius 2 is 1.33 bits per heavy atom. The van der Waals surface area contributed by atoms with Crippen molar-refractivity contribution in [1.29, 1.82) is 0 Å². The molecule has 0 spiro atoms. The van der Waals surface area contributed by atoms with Crippen LogP contribution in [0.5, 0.6) is 0 Å². The second kappa shape index (κ2) is 16.3. The van der Waals surface area contributed by atoms with Gasteiger partial charge < -0.3 is 21.1 Å². The van der Waals surface area contributed by atoms with Crippen molar-refractivity contribution >= 4 is 35.5 Å². The van der Waals surface area contributed by atoms with Gasteiger partial charge in [-0.1, -0.05) is 103 Å². The third kappa shape index (κ3) is 9.55. The highest BCUT2D eigenvalue weighted by Crippen LogP contribution is 2.25. The van der Waals surface area contributed by atoms with E-state index in [2.05, 4.69) is 10.6 Å². The van der Waals surface area contributed by atoms with Gasteiger partial charge in [0, 0.05) is 17.9 Å². The quantitative estimate of drug-likeness (QED) is 0.177. The average Bonchev–Trinajstić information content (AvgIpc) is 3.04. The Morgan fingerprint density at radius 3 is 1.93 bits per heavy atom. The van der Waals surface area contributed by atoms with Gasteiger partial charge in [-0.15, -0.1) is 0 Å². The summed E-state index contributed by atoms with van der Waals surface area (Å²) in [5.74, 6) is -1.95. The van der Waals surface area contributed by atoms with E-state index in [9.17, 15) is 19.2 Å². The fourth-order valence-electron chi connectivity index (χ4n) is 4.99. The first-order valence-corrected chi connectivity index (χ1v) is 15.7. The van der Waals surface area contributed by atoms with Crippen molar-refractivity contribution in [3.05, 3.63) is 143 Å². The molecule has 45 heavy (non-hydrogen) atoms. The molecule has 0 radical (unpaired) electrons. The molecule has 0 heterocycles. The molecule has 232 valence electrons. The van der Waals surface area contributed by atoms with Gasteiger partial charge in [-0.2, -0.15) is 11.8 Å². The maximum absolute atomic E-state index is 13.9. The number of carbonyl (C=O) groups is 4. The lowest BCUT2D eigenvalue weighted by molar-refractivity contribution is -0.131. The number of rotatable bonds is 14. The van der Waals surface area contributed by atoms with E-state index in [1.807, 2.05) is 97.9 Å². The summed E-state index contributed by atoms with van der Waals surface area (Å²) < 4.78 is 4.79. The van der Waals surface area contributed by atoms with Crippen molar-refractivity contribution in [2.75, 3.05) is 12.9 Å². The van der Waals surface area contributed by atoms with E-state index < -0.39 is 35.8 Å². The Labute approximate surface area is 267 Å². The van der Waals surface area contributed by atoms with Gasteiger partial charge in [0.15, 0.2) is 0 Å². The van der Waals surface area contributed by atoms with Crippen LogP contribution in [0.2, 0.25) is 0 Å². The molecule has 0 saturated heterocycles. The van der Waals surface area contributed by atoms with Crippen LogP contribution in [0.3, 0.4) is 0 Å². The van der Waals surface area contributed by atoms with E-state index in [-0.39, 0.29) is 18.1 Å². The summed E-state index contributed by atoms with van der Waals surface area (Å²) in [5.41, 5.74) is 10.5. The van der Waals surface area contributed by atoms with Crippen LogP contribution in [0.25, 0.3) is 0 Å². The summed E-state index contributed by atoms with van der Waals surface area (Å²) in [6.45, 7) is 1.96. The van der Waals surface area contributed by atoms with Gasteiger partial charge in [0.1, 0.15) is 12.1 Å². The second-order valence-electron chi connectivity index (χ2n) is 10.7. The van der Waals surface area contributed by atoms with Crippen LogP contribution in [0.15, 0.2) is 109 Å². The van der Waals surface area contributed by atoms with E-state index in [0.29, 0.717) is 11.3 Å². The van der Waals surface area contributed by atoms with Crippen molar-refractivity contribution in [2.24, 2.45) is 5.73 Å². The van der Waals surface area contributed by atoms with Crippen LogP contribution in [0.4, 0.5) is 0 Å². The van der Waals surface area contributed by atoms with E-state index in [4.69, 9.17) is 10.5 Å². The normalized spacial score (nSPS) is 12.2. The molecule has 4 N–H and O–H groups in total. The lowest BCUT2D eigenvalue weighted by Gasteiger charge is -2.25. The first kappa shape index (κ1) is 33.0. The molecule has 4 aromatic carbocycles. The number of thioether (sulfide) groups is 1. The number of aryl methyl sites for hydroxylation is 1. The largest absolute Gasteiger partial charge is 0.465 e. The standard InChI is InChI=1S/C36H37N3O5S/c1-24-11-9-12-25(19-24)21-30(38-35(42)32(27-14-5-3-6-15-27)28-16-7-4-8-17-28)34(41)39-31(33(37)40)23-45-22-26-13-10-18-29(20-26)36(43)44-2/h3-20,30-32H,21-23H2,1-2H3,(H2,37,40)(H,38,42)(H,39,41)/t30-,31-/m0/s1. The molecular formula is C36H37N3O5S. The summed E-state index contributed by atoms with van der Waals surface area (Å²) in [6, 6.07) is 31.5. The van der Waals surface area contributed by atoms with E-state index in [1.54, 1.807) is 18.2 Å². The number of hydrogen-bond donors (Lipinski definition) is 3. The van der Waals surface area contributed by atoms with Crippen molar-refractivity contribution in [3.63, 3.8) is 0 Å². The Morgan fingerprint density at radius 1 is 0.733 bits per heavy atom. The summed E-state index contributed by atoms with van der Waals surface area (Å²) >= 11 is 1.39. The predicted molar refractivity (Wildman–Crippen MR) is 177 cm³/mol. The van der Waals surface area contributed by atoms with Crippen LogP contribution in [0, 0.1) is 6.92 Å². The highest BCUT2D eigenvalue weighted by Gasteiger charge is 2.30. The molecule has 0 bridgehead atoms. The Bertz CT molecular complexity index is 1570. The minimum Gasteiger partial charge on any atom is -0.465 e. The zero-order valence-electron chi connectivity index (χ0n) is 25.3. The number of methoxy groups -OCH3 is 1. The number of carbonyl (C=O) groups excluding carboxylic acids is 4. The van der Waals surface area contributed by atoms with Gasteiger partial charge >= 0.3 is 5.97 Å². The second-order valence-corrected chi connectivity index (χ2v) is 11.7. The molecule has 8 nitrogen and oxygen atoms in total. The van der Waals surface area contributed by atoms with Crippen LogP contribution in [0.1, 0.15) is 44.1 Å². The van der Waals surface area contributed by atoms with E-state index in [0.717, 1.165) is 27.8 Å². The number of ether oxygens (including phenoxy) is 1. The Kier molecular flexibility index (Phi) is 11.9. The Hall–Kier alpha value is -4.89. The van der Waals surface area contributed by atoms with Gasteiger partial charge in [0.05, 0.1) is 18.6 Å². The van der Waals surface area contributed by atoms with E-state index >= 15 is 0 Å². The molecule has 0 aliphatic carbocycles. The first-order chi connectivity index (χ1) is 21.7. The molecule has 0 fully saturated rings. The lowest BCUT2D eigenvalue weighted by atomic mass is 9.90. The number of esters is 1. The molecule has 2 atom stereocenters. The third-order valence-corrected chi connectivity index (χ3v) is 8.35. The SMILES string of the molecule is COC(=O)c1cccc(CSC[C@H](NC(=O)[C@H](Cc2cccc(C)c2)NC(=O)C(c2ccccc2)c2ccccc2)C(N)=O)c1. The Balaban J connectivity index is 1.52. The number of nitrogens with one attached hydrogen (secondary N) is 2. The minimum atomic E-state index is -0.984. The molecule has 4 rings (SSSR count). The predicted octanol–water partition coefficient (Wildman–Crippen LogP) is 4.54. The molecule has 0 aliphatic heterocycles. The van der Waals surface area contributed by atoms with Crippen molar-refractivity contribution in [2.45, 2.75) is 37.1 Å². The summed E-state index contributed by atoms with van der Waals surface area (Å²) in [6.07, 6.45) is 0.217. The monoisotopic (exact) mass is 623 g/mol. The van der Waals surface area contributed by atoms with Gasteiger partial charge in [-0.25, -0.2) is 4.79 Å². The molecule has 0 aromatic heterocycles. The first-order valence-electron chi connectivity index (χ1n) is 14.6. The number of benzene rings is 4. The summed E-state index contributed by atoms with van der Waals surface area (Å²) in [7, 11) is 1.32. The smallest absolute Gasteiger partial charge is 0.337 e. The van der Waals surface area contributed by atoms with Gasteiger partial charge in [-0.3, -0.25) is 14.4 Å². The molecule has 3 amide bonds. The zero-order chi connectivity index (χ0) is 32.2. The van der Waals surface area contributed by atoms with Crippen LogP contribution in [-0.4, -0.2) is 48.6 Å². The molecule has 0 aliphatic rings. The molecule has 0 unspecified atom stereocenters. The van der Waals surface area contributed by atoms with Crippen molar-refractivity contribution in [1.82, 2.24) is 10.6 Å². The van der Waals surface area contributed by atoms with Crippen molar-refractivity contribution < 1.29 is 23.9 Å². The fraction of sp³-hybridized carbons (Fsp3) is 0.222. The average molecular weight is 624 g/mol. The number of amides is 3.